The second-order valence-electron chi connectivity index (χ2n) is 5.95. The lowest BCUT2D eigenvalue weighted by Gasteiger charge is -2.12. The Bertz CT molecular complexity index is 1090. The highest BCUT2D eigenvalue weighted by molar-refractivity contribution is 6.20. The van der Waals surface area contributed by atoms with Crippen LogP contribution in [0.5, 0.6) is 0 Å². The highest BCUT2D eigenvalue weighted by atomic mass is 16.7. The van der Waals surface area contributed by atoms with Gasteiger partial charge >= 0.3 is 5.97 Å². The van der Waals surface area contributed by atoms with Crippen LogP contribution >= 0.6 is 0 Å². The quantitative estimate of drug-likeness (QED) is 0.627. The molecule has 0 atom stereocenters. The third kappa shape index (κ3) is 3.07. The third-order valence-electron chi connectivity index (χ3n) is 4.14. The molecule has 3 amide bonds. The predicted octanol–water partition coefficient (Wildman–Crippen LogP) is 0.832. The molecule has 10 heteroatoms. The molecule has 28 heavy (non-hydrogen) atoms. The Morgan fingerprint density at radius 2 is 1.68 bits per heavy atom. The second kappa shape index (κ2) is 6.91. The van der Waals surface area contributed by atoms with Gasteiger partial charge in [-0.25, -0.2) is 4.79 Å². The molecule has 1 aliphatic rings. The van der Waals surface area contributed by atoms with E-state index in [-0.39, 0.29) is 24.1 Å². The molecule has 0 radical (unpaired) electrons. The third-order valence-corrected chi connectivity index (χ3v) is 4.14. The average Bonchev–Trinajstić information content (AvgIpc) is 3.26. The van der Waals surface area contributed by atoms with E-state index in [9.17, 15) is 19.2 Å². The van der Waals surface area contributed by atoms with E-state index in [2.05, 4.69) is 20.7 Å². The minimum atomic E-state index is -0.818. The first kappa shape index (κ1) is 17.3. The molecule has 2 heterocycles. The number of nitrogens with zero attached hydrogens (tertiary/aromatic N) is 3. The van der Waals surface area contributed by atoms with Gasteiger partial charge in [-0.2, -0.15) is 15.4 Å². The second-order valence-corrected chi connectivity index (χ2v) is 5.95. The first-order valence-electron chi connectivity index (χ1n) is 8.32. The molecule has 0 unspecified atom stereocenters. The van der Waals surface area contributed by atoms with E-state index in [4.69, 9.17) is 4.84 Å². The number of rotatable bonds is 5. The van der Waals surface area contributed by atoms with Gasteiger partial charge in [-0.3, -0.25) is 14.4 Å². The maximum atomic E-state index is 12.1. The number of carbonyl (C=O) groups excluding carboxylic acids is 4. The van der Waals surface area contributed by atoms with Crippen molar-refractivity contribution in [1.82, 2.24) is 25.8 Å². The number of hydroxylamine groups is 2. The number of nitrogens with one attached hydrogen (secondary N) is 2. The van der Waals surface area contributed by atoms with Crippen LogP contribution in [0.15, 0.2) is 42.5 Å². The standard InChI is InChI=1S/C18H13N5O5/c24-15(28-23-17(26)11-3-1-2-4-12(11)18(23)27)7-8-19-16(25)10-5-6-13-14(9-10)21-22-20-13/h1-6,9H,7-8H2,(H,19,25)(H,20,21,22). The minimum Gasteiger partial charge on any atom is -0.351 e. The maximum Gasteiger partial charge on any atom is 0.335 e. The summed E-state index contributed by atoms with van der Waals surface area (Å²) in [5.74, 6) is -2.61. The molecule has 0 saturated heterocycles. The summed E-state index contributed by atoms with van der Waals surface area (Å²) >= 11 is 0. The largest absolute Gasteiger partial charge is 0.351 e. The molecular weight excluding hydrogens is 366 g/mol. The molecule has 0 bridgehead atoms. The van der Waals surface area contributed by atoms with E-state index >= 15 is 0 Å². The van der Waals surface area contributed by atoms with E-state index in [0.717, 1.165) is 0 Å². The lowest BCUT2D eigenvalue weighted by Crippen LogP contribution is -2.34. The van der Waals surface area contributed by atoms with Crippen LogP contribution in [0.25, 0.3) is 11.0 Å². The Balaban J connectivity index is 1.31. The fourth-order valence-electron chi connectivity index (χ4n) is 2.76. The molecule has 2 aromatic carbocycles. The zero-order valence-electron chi connectivity index (χ0n) is 14.3. The molecule has 140 valence electrons. The highest BCUT2D eigenvalue weighted by Crippen LogP contribution is 2.22. The summed E-state index contributed by atoms with van der Waals surface area (Å²) in [6.07, 6.45) is -0.217. The number of hydrogen-bond donors (Lipinski definition) is 2. The van der Waals surface area contributed by atoms with Crippen LogP contribution in [-0.2, 0) is 9.63 Å². The van der Waals surface area contributed by atoms with Crippen LogP contribution in [0, 0.1) is 0 Å². The molecule has 1 aromatic heterocycles. The zero-order chi connectivity index (χ0) is 19.7. The van der Waals surface area contributed by atoms with Crippen molar-refractivity contribution in [3.63, 3.8) is 0 Å². The fourth-order valence-corrected chi connectivity index (χ4v) is 2.76. The van der Waals surface area contributed by atoms with Crippen molar-refractivity contribution in [2.24, 2.45) is 0 Å². The van der Waals surface area contributed by atoms with Gasteiger partial charge in [-0.1, -0.05) is 17.2 Å². The molecule has 0 fully saturated rings. The highest BCUT2D eigenvalue weighted by Gasteiger charge is 2.38. The van der Waals surface area contributed by atoms with Crippen LogP contribution in [-0.4, -0.2) is 50.7 Å². The van der Waals surface area contributed by atoms with Crippen molar-refractivity contribution in [2.75, 3.05) is 6.54 Å². The number of aromatic amines is 1. The Labute approximate surface area is 157 Å². The number of hydrogen-bond acceptors (Lipinski definition) is 7. The van der Waals surface area contributed by atoms with Crippen LogP contribution in [0.1, 0.15) is 37.5 Å². The van der Waals surface area contributed by atoms with Gasteiger partial charge in [0.1, 0.15) is 11.0 Å². The van der Waals surface area contributed by atoms with Gasteiger partial charge in [0, 0.05) is 12.1 Å². The summed E-state index contributed by atoms with van der Waals surface area (Å²) in [4.78, 5) is 53.3. The summed E-state index contributed by atoms with van der Waals surface area (Å²) in [6.45, 7) is -0.0301. The summed E-state index contributed by atoms with van der Waals surface area (Å²) < 4.78 is 0. The number of fused-ring (bicyclic) bond motifs is 2. The lowest BCUT2D eigenvalue weighted by atomic mass is 10.1. The average molecular weight is 379 g/mol. The van der Waals surface area contributed by atoms with Crippen molar-refractivity contribution >= 4 is 34.7 Å². The molecule has 10 nitrogen and oxygen atoms in total. The normalized spacial score (nSPS) is 12.9. The van der Waals surface area contributed by atoms with E-state index in [1.54, 1.807) is 30.3 Å². The fraction of sp³-hybridized carbons (Fsp3) is 0.111. The van der Waals surface area contributed by atoms with Gasteiger partial charge in [-0.15, -0.1) is 0 Å². The van der Waals surface area contributed by atoms with Gasteiger partial charge in [-0.05, 0) is 30.3 Å². The first-order valence-corrected chi connectivity index (χ1v) is 8.32. The summed E-state index contributed by atoms with van der Waals surface area (Å²) in [5.41, 5.74) is 1.88. The predicted molar refractivity (Wildman–Crippen MR) is 93.9 cm³/mol. The molecule has 0 saturated carbocycles. The summed E-state index contributed by atoms with van der Waals surface area (Å²) in [7, 11) is 0. The maximum absolute atomic E-state index is 12.1. The lowest BCUT2D eigenvalue weighted by molar-refractivity contribution is -0.168. The van der Waals surface area contributed by atoms with Crippen LogP contribution < -0.4 is 5.32 Å². The van der Waals surface area contributed by atoms with E-state index < -0.39 is 23.7 Å². The number of aromatic nitrogens is 3. The number of carbonyl (C=O) groups is 4. The first-order chi connectivity index (χ1) is 13.5. The van der Waals surface area contributed by atoms with Gasteiger partial charge in [0.15, 0.2) is 0 Å². The van der Waals surface area contributed by atoms with Crippen molar-refractivity contribution in [1.29, 1.82) is 0 Å². The van der Waals surface area contributed by atoms with E-state index in [0.29, 0.717) is 21.7 Å². The van der Waals surface area contributed by atoms with Crippen molar-refractivity contribution < 1.29 is 24.0 Å². The molecule has 0 aliphatic carbocycles. The van der Waals surface area contributed by atoms with Crippen molar-refractivity contribution in [3.8, 4) is 0 Å². The number of H-pyrrole nitrogens is 1. The van der Waals surface area contributed by atoms with Crippen LogP contribution in [0.3, 0.4) is 0 Å². The monoisotopic (exact) mass is 379 g/mol. The Morgan fingerprint density at radius 1 is 1.00 bits per heavy atom. The van der Waals surface area contributed by atoms with Gasteiger partial charge in [0.05, 0.1) is 17.5 Å². The van der Waals surface area contributed by atoms with Gasteiger partial charge < -0.3 is 10.2 Å². The number of imide groups is 1. The van der Waals surface area contributed by atoms with Crippen LogP contribution in [0.2, 0.25) is 0 Å². The summed E-state index contributed by atoms with van der Waals surface area (Å²) in [6, 6.07) is 11.0. The molecule has 1 aliphatic heterocycles. The van der Waals surface area contributed by atoms with E-state index in [1.807, 2.05) is 0 Å². The smallest absolute Gasteiger partial charge is 0.335 e. The zero-order valence-corrected chi connectivity index (χ0v) is 14.3. The summed E-state index contributed by atoms with van der Waals surface area (Å²) in [5, 5.41) is 13.3. The minimum absolute atomic E-state index is 0.0301. The Hall–Kier alpha value is -4.08. The van der Waals surface area contributed by atoms with Crippen LogP contribution in [0.4, 0.5) is 0 Å². The molecule has 4 rings (SSSR count). The van der Waals surface area contributed by atoms with Crippen molar-refractivity contribution in [3.05, 3.63) is 59.2 Å². The van der Waals surface area contributed by atoms with Gasteiger partial charge in [0.2, 0.25) is 0 Å². The molecule has 3 aromatic rings. The molecule has 2 N–H and O–H groups in total. The SMILES string of the molecule is O=C(CCNC(=O)c1ccc2n[nH]nc2c1)ON1C(=O)c2ccccc2C1=O. The number of amides is 3. The van der Waals surface area contributed by atoms with E-state index in [1.165, 1.54) is 12.1 Å². The molecular formula is C18H13N5O5. The Morgan fingerprint density at radius 3 is 2.39 bits per heavy atom. The molecule has 0 spiro atoms. The number of benzene rings is 2. The Kier molecular flexibility index (Phi) is 4.28. The van der Waals surface area contributed by atoms with Gasteiger partial charge in [0.25, 0.3) is 17.7 Å². The van der Waals surface area contributed by atoms with Crippen molar-refractivity contribution in [2.45, 2.75) is 6.42 Å². The topological polar surface area (TPSA) is 134 Å².